The minimum Gasteiger partial charge on any atom is -0.477 e. The molecule has 0 unspecified atom stereocenters. The summed E-state index contributed by atoms with van der Waals surface area (Å²) in [4.78, 5) is 14.5. The average Bonchev–Trinajstić information content (AvgIpc) is 2.67. The summed E-state index contributed by atoms with van der Waals surface area (Å²) < 4.78 is 0. The van der Waals surface area contributed by atoms with Crippen molar-refractivity contribution in [2.75, 3.05) is 0 Å². The van der Waals surface area contributed by atoms with Crippen LogP contribution in [0.2, 0.25) is 5.15 Å². The van der Waals surface area contributed by atoms with Crippen LogP contribution in [0.25, 0.3) is 11.3 Å². The van der Waals surface area contributed by atoms with E-state index in [0.717, 1.165) is 0 Å². The second-order valence-electron chi connectivity index (χ2n) is 2.81. The van der Waals surface area contributed by atoms with Crippen LogP contribution in [0.15, 0.2) is 24.4 Å². The van der Waals surface area contributed by atoms with Gasteiger partial charge >= 0.3 is 5.97 Å². The molecular formula is C9H6ClN3O2. The molecule has 0 bridgehead atoms. The molecule has 0 aliphatic heterocycles. The van der Waals surface area contributed by atoms with Crippen molar-refractivity contribution in [3.8, 4) is 11.3 Å². The van der Waals surface area contributed by atoms with E-state index in [1.54, 1.807) is 18.3 Å². The quantitative estimate of drug-likeness (QED) is 0.762. The molecule has 2 aromatic rings. The molecule has 0 saturated carbocycles. The molecule has 6 heteroatoms. The van der Waals surface area contributed by atoms with Gasteiger partial charge in [-0.3, -0.25) is 5.10 Å². The van der Waals surface area contributed by atoms with Crippen molar-refractivity contribution >= 4 is 17.6 Å². The van der Waals surface area contributed by atoms with Crippen molar-refractivity contribution in [2.24, 2.45) is 0 Å². The zero-order valence-corrected chi connectivity index (χ0v) is 8.19. The maximum atomic E-state index is 10.6. The molecule has 0 aromatic carbocycles. The Balaban J connectivity index is 2.46. The van der Waals surface area contributed by atoms with Crippen LogP contribution >= 0.6 is 11.6 Å². The highest BCUT2D eigenvalue weighted by atomic mass is 35.5. The number of pyridine rings is 1. The van der Waals surface area contributed by atoms with Crippen molar-refractivity contribution in [2.45, 2.75) is 0 Å². The van der Waals surface area contributed by atoms with Crippen LogP contribution < -0.4 is 0 Å². The smallest absolute Gasteiger partial charge is 0.353 e. The predicted molar refractivity (Wildman–Crippen MR) is 53.8 cm³/mol. The van der Waals surface area contributed by atoms with Crippen LogP contribution in [-0.4, -0.2) is 26.3 Å². The number of aromatic carboxylic acids is 1. The number of hydrogen-bond acceptors (Lipinski definition) is 3. The molecule has 0 fully saturated rings. The summed E-state index contributed by atoms with van der Waals surface area (Å²) in [6.07, 6.45) is 1.55. The summed E-state index contributed by atoms with van der Waals surface area (Å²) in [6, 6.07) is 4.83. The molecule has 0 radical (unpaired) electrons. The number of rotatable bonds is 2. The third-order valence-electron chi connectivity index (χ3n) is 1.84. The fraction of sp³-hybridized carbons (Fsp3) is 0. The van der Waals surface area contributed by atoms with E-state index in [4.69, 9.17) is 16.7 Å². The fourth-order valence-electron chi connectivity index (χ4n) is 1.15. The van der Waals surface area contributed by atoms with Gasteiger partial charge in [-0.1, -0.05) is 11.6 Å². The number of carbonyl (C=O) groups is 1. The number of aromatic amines is 1. The highest BCUT2D eigenvalue weighted by Gasteiger charge is 2.11. The van der Waals surface area contributed by atoms with Gasteiger partial charge in [0, 0.05) is 11.8 Å². The number of halogens is 1. The molecule has 0 aliphatic carbocycles. The van der Waals surface area contributed by atoms with E-state index in [2.05, 4.69) is 15.2 Å². The third kappa shape index (κ3) is 1.82. The third-order valence-corrected chi connectivity index (χ3v) is 2.14. The van der Waals surface area contributed by atoms with Crippen LogP contribution in [0.4, 0.5) is 0 Å². The second kappa shape index (κ2) is 3.70. The lowest BCUT2D eigenvalue weighted by Gasteiger charge is -1.96. The highest BCUT2D eigenvalue weighted by Crippen LogP contribution is 2.23. The normalized spacial score (nSPS) is 10.2. The summed E-state index contributed by atoms with van der Waals surface area (Å²) in [6.45, 7) is 0. The average molecular weight is 224 g/mol. The Labute approximate surface area is 89.7 Å². The largest absolute Gasteiger partial charge is 0.477 e. The van der Waals surface area contributed by atoms with Gasteiger partial charge in [0.1, 0.15) is 10.8 Å². The molecule has 76 valence electrons. The topological polar surface area (TPSA) is 78.9 Å². The van der Waals surface area contributed by atoms with E-state index in [1.807, 2.05) is 0 Å². The van der Waals surface area contributed by atoms with Gasteiger partial charge in [0.2, 0.25) is 0 Å². The minimum atomic E-state index is -1.06. The first-order valence-electron chi connectivity index (χ1n) is 4.08. The van der Waals surface area contributed by atoms with Gasteiger partial charge in [0.05, 0.1) is 5.69 Å². The van der Waals surface area contributed by atoms with Crippen molar-refractivity contribution in [1.29, 1.82) is 0 Å². The lowest BCUT2D eigenvalue weighted by atomic mass is 10.2. The van der Waals surface area contributed by atoms with Gasteiger partial charge in [-0.25, -0.2) is 9.78 Å². The zero-order chi connectivity index (χ0) is 10.8. The van der Waals surface area contributed by atoms with Crippen LogP contribution in [0.1, 0.15) is 10.5 Å². The Morgan fingerprint density at radius 1 is 1.53 bits per heavy atom. The van der Waals surface area contributed by atoms with E-state index >= 15 is 0 Å². The Hall–Kier alpha value is -1.88. The van der Waals surface area contributed by atoms with E-state index in [-0.39, 0.29) is 5.69 Å². The standard InChI is InChI=1S/C9H6ClN3O2/c10-8-5(2-1-3-11-8)6-4-7(9(14)15)13-12-6/h1-4H,(H,12,13)(H,14,15). The summed E-state index contributed by atoms with van der Waals surface area (Å²) in [5.74, 6) is -1.06. The summed E-state index contributed by atoms with van der Waals surface area (Å²) in [7, 11) is 0. The molecule has 2 aromatic heterocycles. The molecule has 0 spiro atoms. The maximum Gasteiger partial charge on any atom is 0.353 e. The Morgan fingerprint density at radius 3 is 2.93 bits per heavy atom. The second-order valence-corrected chi connectivity index (χ2v) is 3.17. The SMILES string of the molecule is O=C(O)c1cc(-c2cccnc2Cl)n[nH]1. The molecule has 2 rings (SSSR count). The lowest BCUT2D eigenvalue weighted by Crippen LogP contribution is -1.95. The molecule has 2 N–H and O–H groups in total. The first-order chi connectivity index (χ1) is 7.18. The van der Waals surface area contributed by atoms with Gasteiger partial charge in [-0.05, 0) is 18.2 Å². The van der Waals surface area contributed by atoms with E-state index in [1.165, 1.54) is 6.07 Å². The van der Waals surface area contributed by atoms with Crippen molar-refractivity contribution < 1.29 is 9.90 Å². The molecule has 15 heavy (non-hydrogen) atoms. The number of hydrogen-bond donors (Lipinski definition) is 2. The van der Waals surface area contributed by atoms with Gasteiger partial charge in [-0.15, -0.1) is 0 Å². The number of carboxylic acids is 1. The molecule has 0 saturated heterocycles. The molecule has 0 atom stereocenters. The maximum absolute atomic E-state index is 10.6. The number of nitrogens with zero attached hydrogens (tertiary/aromatic N) is 2. The summed E-state index contributed by atoms with van der Waals surface area (Å²) >= 11 is 5.84. The zero-order valence-electron chi connectivity index (χ0n) is 7.44. The lowest BCUT2D eigenvalue weighted by molar-refractivity contribution is 0.0690. The van der Waals surface area contributed by atoms with E-state index in [0.29, 0.717) is 16.4 Å². The molecular weight excluding hydrogens is 218 g/mol. The first-order valence-corrected chi connectivity index (χ1v) is 4.46. The number of carboxylic acid groups (broad SMARTS) is 1. The minimum absolute atomic E-state index is 0.0184. The van der Waals surface area contributed by atoms with Crippen molar-refractivity contribution in [3.05, 3.63) is 35.2 Å². The van der Waals surface area contributed by atoms with Crippen LogP contribution in [0.3, 0.4) is 0 Å². The monoisotopic (exact) mass is 223 g/mol. The van der Waals surface area contributed by atoms with Crippen LogP contribution in [0.5, 0.6) is 0 Å². The van der Waals surface area contributed by atoms with Gasteiger partial charge in [0.25, 0.3) is 0 Å². The van der Waals surface area contributed by atoms with Crippen LogP contribution in [0, 0.1) is 0 Å². The fourth-order valence-corrected chi connectivity index (χ4v) is 1.36. The number of nitrogens with one attached hydrogen (secondary N) is 1. The predicted octanol–water partition coefficient (Wildman–Crippen LogP) is 1.82. The molecule has 0 aliphatic rings. The molecule has 5 nitrogen and oxygen atoms in total. The molecule has 0 amide bonds. The Bertz CT molecular complexity index is 510. The number of H-pyrrole nitrogens is 1. The summed E-state index contributed by atoms with van der Waals surface area (Å²) in [5, 5.41) is 15.2. The molecule has 2 heterocycles. The van der Waals surface area contributed by atoms with Gasteiger partial charge < -0.3 is 5.11 Å². The Morgan fingerprint density at radius 2 is 2.33 bits per heavy atom. The number of aromatic nitrogens is 3. The Kier molecular flexibility index (Phi) is 2.39. The van der Waals surface area contributed by atoms with Crippen LogP contribution in [-0.2, 0) is 0 Å². The van der Waals surface area contributed by atoms with Gasteiger partial charge in [-0.2, -0.15) is 5.10 Å². The summed E-state index contributed by atoms with van der Waals surface area (Å²) in [5.41, 5.74) is 1.08. The van der Waals surface area contributed by atoms with Gasteiger partial charge in [0.15, 0.2) is 0 Å². The van der Waals surface area contributed by atoms with Crippen molar-refractivity contribution in [1.82, 2.24) is 15.2 Å². The van der Waals surface area contributed by atoms with E-state index < -0.39 is 5.97 Å². The highest BCUT2D eigenvalue weighted by molar-refractivity contribution is 6.32. The van der Waals surface area contributed by atoms with Crippen molar-refractivity contribution in [3.63, 3.8) is 0 Å². The van der Waals surface area contributed by atoms with E-state index in [9.17, 15) is 4.79 Å². The first kappa shape index (κ1) is 9.67.